The summed E-state index contributed by atoms with van der Waals surface area (Å²) in [6, 6.07) is 9.94. The molecule has 21 heavy (non-hydrogen) atoms. The first-order valence-corrected chi connectivity index (χ1v) is 7.19. The average Bonchev–Trinajstić information content (AvgIpc) is 2.88. The number of aromatic nitrogens is 2. The topological polar surface area (TPSA) is 72.9 Å². The Morgan fingerprint density at radius 1 is 1.33 bits per heavy atom. The van der Waals surface area contributed by atoms with E-state index in [1.54, 1.807) is 0 Å². The van der Waals surface area contributed by atoms with Crippen molar-refractivity contribution in [2.24, 2.45) is 5.73 Å². The Labute approximate surface area is 124 Å². The smallest absolute Gasteiger partial charge is 0.243 e. The van der Waals surface area contributed by atoms with Crippen LogP contribution >= 0.6 is 0 Å². The third-order valence-corrected chi connectivity index (χ3v) is 4.08. The molecule has 0 aliphatic carbocycles. The van der Waals surface area contributed by atoms with Crippen molar-refractivity contribution >= 4 is 5.91 Å². The van der Waals surface area contributed by atoms with Crippen molar-refractivity contribution in [3.63, 3.8) is 0 Å². The predicted molar refractivity (Wildman–Crippen MR) is 81.6 cm³/mol. The number of imidazole rings is 1. The first-order chi connectivity index (χ1) is 10.0. The van der Waals surface area contributed by atoms with Crippen LogP contribution in [-0.2, 0) is 23.3 Å². The van der Waals surface area contributed by atoms with Crippen molar-refractivity contribution in [1.82, 2.24) is 14.9 Å². The van der Waals surface area contributed by atoms with E-state index in [1.165, 1.54) is 0 Å². The van der Waals surface area contributed by atoms with E-state index in [0.717, 1.165) is 42.3 Å². The number of carbonyl (C=O) groups excluding carboxylic acids is 1. The molecule has 5 nitrogen and oxygen atoms in total. The number of fused-ring (bicyclic) bond motifs is 1. The summed E-state index contributed by atoms with van der Waals surface area (Å²) in [4.78, 5) is 16.7. The normalized spacial score (nSPS) is 14.8. The molecule has 110 valence electrons. The summed E-state index contributed by atoms with van der Waals surface area (Å²) >= 11 is 0. The summed E-state index contributed by atoms with van der Waals surface area (Å²) in [6.45, 7) is 5.33. The molecule has 0 saturated heterocycles. The van der Waals surface area contributed by atoms with Crippen LogP contribution in [0.15, 0.2) is 30.3 Å². The van der Waals surface area contributed by atoms with Gasteiger partial charge < -0.3 is 15.6 Å². The Hall–Kier alpha value is -2.14. The van der Waals surface area contributed by atoms with Gasteiger partial charge in [-0.1, -0.05) is 30.3 Å². The molecule has 3 N–H and O–H groups in total. The number of benzene rings is 1. The molecule has 0 atom stereocenters. The average molecular weight is 284 g/mol. The standard InChI is InChI=1S/C16H20N4O/c1-16(2,15(17)21)20-13-8-9-18-10-12(13)19-14(20)11-6-4-3-5-7-11/h3-7,18H,8-10H2,1-2H3,(H2,17,21). The first-order valence-electron chi connectivity index (χ1n) is 7.19. The molecular formula is C16H20N4O. The fourth-order valence-corrected chi connectivity index (χ4v) is 2.80. The molecule has 5 heteroatoms. The Morgan fingerprint density at radius 3 is 2.71 bits per heavy atom. The second-order valence-corrected chi connectivity index (χ2v) is 5.88. The number of nitrogens with zero attached hydrogens (tertiary/aromatic N) is 2. The van der Waals surface area contributed by atoms with E-state index in [4.69, 9.17) is 10.7 Å². The monoisotopic (exact) mass is 284 g/mol. The largest absolute Gasteiger partial charge is 0.368 e. The summed E-state index contributed by atoms with van der Waals surface area (Å²) < 4.78 is 2.01. The van der Waals surface area contributed by atoms with Crippen LogP contribution in [0, 0.1) is 0 Å². The number of carbonyl (C=O) groups is 1. The number of rotatable bonds is 3. The van der Waals surface area contributed by atoms with E-state index >= 15 is 0 Å². The van der Waals surface area contributed by atoms with Gasteiger partial charge in [0.25, 0.3) is 0 Å². The van der Waals surface area contributed by atoms with Crippen LogP contribution < -0.4 is 11.1 Å². The Bertz CT molecular complexity index is 673. The molecule has 2 aromatic rings. The van der Waals surface area contributed by atoms with Gasteiger partial charge in [-0.3, -0.25) is 4.79 Å². The number of nitrogens with two attached hydrogens (primary N) is 1. The van der Waals surface area contributed by atoms with Crippen LogP contribution in [0.2, 0.25) is 0 Å². The SMILES string of the molecule is CC(C)(C(N)=O)n1c(-c2ccccc2)nc2c1CCNC2. The summed E-state index contributed by atoms with van der Waals surface area (Å²) in [5.74, 6) is 0.464. The van der Waals surface area contributed by atoms with Gasteiger partial charge in [0.1, 0.15) is 11.4 Å². The van der Waals surface area contributed by atoms with Crippen molar-refractivity contribution in [2.45, 2.75) is 32.4 Å². The second-order valence-electron chi connectivity index (χ2n) is 5.88. The van der Waals surface area contributed by atoms with Gasteiger partial charge in [-0.15, -0.1) is 0 Å². The maximum atomic E-state index is 11.9. The Morgan fingerprint density at radius 2 is 2.05 bits per heavy atom. The molecule has 1 aromatic carbocycles. The number of hydrogen-bond donors (Lipinski definition) is 2. The number of hydrogen-bond acceptors (Lipinski definition) is 3. The van der Waals surface area contributed by atoms with Crippen LogP contribution in [0.5, 0.6) is 0 Å². The molecule has 2 heterocycles. The van der Waals surface area contributed by atoms with E-state index in [0.29, 0.717) is 0 Å². The van der Waals surface area contributed by atoms with Gasteiger partial charge in [-0.2, -0.15) is 0 Å². The fourth-order valence-electron chi connectivity index (χ4n) is 2.80. The highest BCUT2D eigenvalue weighted by Gasteiger charge is 2.34. The van der Waals surface area contributed by atoms with Crippen molar-refractivity contribution in [2.75, 3.05) is 6.54 Å². The van der Waals surface area contributed by atoms with Gasteiger partial charge in [0.2, 0.25) is 5.91 Å². The highest BCUT2D eigenvalue weighted by molar-refractivity contribution is 5.83. The molecule has 0 saturated carbocycles. The maximum absolute atomic E-state index is 11.9. The molecule has 0 unspecified atom stereocenters. The minimum atomic E-state index is -0.802. The van der Waals surface area contributed by atoms with Crippen molar-refractivity contribution in [3.05, 3.63) is 41.7 Å². The van der Waals surface area contributed by atoms with E-state index in [9.17, 15) is 4.79 Å². The van der Waals surface area contributed by atoms with E-state index < -0.39 is 5.54 Å². The van der Waals surface area contributed by atoms with Crippen LogP contribution in [0.4, 0.5) is 0 Å². The van der Waals surface area contributed by atoms with Gasteiger partial charge in [-0.05, 0) is 13.8 Å². The molecule has 0 spiro atoms. The molecular weight excluding hydrogens is 264 g/mol. The third-order valence-electron chi connectivity index (χ3n) is 4.08. The molecule has 1 aliphatic heterocycles. The molecule has 1 aliphatic rings. The van der Waals surface area contributed by atoms with Gasteiger partial charge in [0, 0.05) is 30.8 Å². The molecule has 3 rings (SSSR count). The lowest BCUT2D eigenvalue weighted by Crippen LogP contribution is -2.43. The van der Waals surface area contributed by atoms with Crippen LogP contribution in [0.25, 0.3) is 11.4 Å². The molecule has 0 fully saturated rings. The van der Waals surface area contributed by atoms with E-state index in [1.807, 2.05) is 48.7 Å². The van der Waals surface area contributed by atoms with Crippen molar-refractivity contribution < 1.29 is 4.79 Å². The molecule has 0 radical (unpaired) electrons. The highest BCUT2D eigenvalue weighted by atomic mass is 16.1. The lowest BCUT2D eigenvalue weighted by molar-refractivity contribution is -0.125. The number of amides is 1. The van der Waals surface area contributed by atoms with Crippen LogP contribution in [0.1, 0.15) is 25.2 Å². The Kier molecular flexibility index (Phi) is 3.29. The maximum Gasteiger partial charge on any atom is 0.243 e. The predicted octanol–water partition coefficient (Wildman–Crippen LogP) is 1.42. The van der Waals surface area contributed by atoms with Gasteiger partial charge in [0.05, 0.1) is 5.69 Å². The van der Waals surface area contributed by atoms with Gasteiger partial charge in [-0.25, -0.2) is 4.98 Å². The molecule has 1 aromatic heterocycles. The summed E-state index contributed by atoms with van der Waals surface area (Å²) in [5.41, 5.74) is 7.95. The van der Waals surface area contributed by atoms with E-state index in [-0.39, 0.29) is 5.91 Å². The highest BCUT2D eigenvalue weighted by Crippen LogP contribution is 2.31. The summed E-state index contributed by atoms with van der Waals surface area (Å²) in [7, 11) is 0. The lowest BCUT2D eigenvalue weighted by atomic mass is 10.0. The minimum absolute atomic E-state index is 0.349. The minimum Gasteiger partial charge on any atom is -0.368 e. The molecule has 0 bridgehead atoms. The second kappa shape index (κ2) is 5.00. The zero-order valence-corrected chi connectivity index (χ0v) is 12.4. The number of nitrogens with one attached hydrogen (secondary N) is 1. The zero-order valence-electron chi connectivity index (χ0n) is 12.4. The van der Waals surface area contributed by atoms with Gasteiger partial charge in [0.15, 0.2) is 0 Å². The third kappa shape index (κ3) is 2.23. The van der Waals surface area contributed by atoms with Crippen LogP contribution in [0.3, 0.4) is 0 Å². The van der Waals surface area contributed by atoms with E-state index in [2.05, 4.69) is 5.32 Å². The van der Waals surface area contributed by atoms with Crippen LogP contribution in [-0.4, -0.2) is 22.0 Å². The Balaban J connectivity index is 2.25. The lowest BCUT2D eigenvalue weighted by Gasteiger charge is -2.28. The van der Waals surface area contributed by atoms with Crippen molar-refractivity contribution in [3.8, 4) is 11.4 Å². The van der Waals surface area contributed by atoms with Gasteiger partial charge >= 0.3 is 0 Å². The molecule has 1 amide bonds. The number of primary amides is 1. The summed E-state index contributed by atoms with van der Waals surface area (Å²) in [6.07, 6.45) is 0.853. The zero-order chi connectivity index (χ0) is 15.0. The van der Waals surface area contributed by atoms with Crippen molar-refractivity contribution in [1.29, 1.82) is 0 Å². The fraction of sp³-hybridized carbons (Fsp3) is 0.375. The summed E-state index contributed by atoms with van der Waals surface area (Å²) in [5, 5.41) is 3.32. The first kappa shape index (κ1) is 13.8. The quantitative estimate of drug-likeness (QED) is 0.895.